The molecule has 3 heterocycles. The Bertz CT molecular complexity index is 1050. The molecule has 3 aliphatic rings. The lowest BCUT2D eigenvalue weighted by Gasteiger charge is -2.37. The number of aromatic nitrogens is 1. The van der Waals surface area contributed by atoms with Crippen LogP contribution >= 0.6 is 0 Å². The Morgan fingerprint density at radius 2 is 1.78 bits per heavy atom. The molecule has 7 heteroatoms. The number of anilines is 1. The molecular formula is C30H42N4O3. The van der Waals surface area contributed by atoms with Crippen molar-refractivity contribution < 1.29 is 14.3 Å². The van der Waals surface area contributed by atoms with Gasteiger partial charge in [-0.3, -0.25) is 9.69 Å². The van der Waals surface area contributed by atoms with E-state index in [-0.39, 0.29) is 17.6 Å². The normalized spacial score (nSPS) is 22.3. The van der Waals surface area contributed by atoms with Gasteiger partial charge in [-0.2, -0.15) is 0 Å². The van der Waals surface area contributed by atoms with Crippen LogP contribution in [-0.4, -0.2) is 66.8 Å². The highest BCUT2D eigenvalue weighted by Crippen LogP contribution is 2.33. The number of hydrogen-bond acceptors (Lipinski definition) is 6. The summed E-state index contributed by atoms with van der Waals surface area (Å²) in [5.74, 6) is 3.72. The lowest BCUT2D eigenvalue weighted by atomic mass is 9.84. The molecule has 2 fully saturated rings. The van der Waals surface area contributed by atoms with Crippen molar-refractivity contribution in [1.29, 1.82) is 0 Å². The fourth-order valence-corrected chi connectivity index (χ4v) is 5.81. The molecule has 37 heavy (non-hydrogen) atoms. The van der Waals surface area contributed by atoms with E-state index in [2.05, 4.69) is 20.1 Å². The Labute approximate surface area is 221 Å². The van der Waals surface area contributed by atoms with Gasteiger partial charge < -0.3 is 19.7 Å². The van der Waals surface area contributed by atoms with Crippen molar-refractivity contribution in [2.75, 3.05) is 44.2 Å². The monoisotopic (exact) mass is 506 g/mol. The standard InChI is InChI=1S/C30H42N4O3/c1-30(2,3)37-25-10-6-23(7-11-25)29(35)32-24-8-4-22(5-9-24)13-16-33-17-19-34(20-18-33)28-26-14-21-36-27(26)12-15-31-28/h6-7,10-12,15,22,24H,4-5,8-9,13-14,16-21H2,1-3H3,(H,32,35)/t22-,24-. The van der Waals surface area contributed by atoms with Crippen LogP contribution in [0.3, 0.4) is 0 Å². The fourth-order valence-electron chi connectivity index (χ4n) is 5.81. The summed E-state index contributed by atoms with van der Waals surface area (Å²) in [6.07, 6.45) is 8.64. The summed E-state index contributed by atoms with van der Waals surface area (Å²) in [7, 11) is 0. The molecule has 2 aliphatic heterocycles. The van der Waals surface area contributed by atoms with Crippen molar-refractivity contribution in [1.82, 2.24) is 15.2 Å². The van der Waals surface area contributed by atoms with E-state index in [4.69, 9.17) is 9.47 Å². The molecule has 1 N–H and O–H groups in total. The van der Waals surface area contributed by atoms with E-state index >= 15 is 0 Å². The van der Waals surface area contributed by atoms with Gasteiger partial charge in [-0.25, -0.2) is 4.98 Å². The Kier molecular flexibility index (Phi) is 7.89. The largest absolute Gasteiger partial charge is 0.493 e. The Balaban J connectivity index is 1.00. The summed E-state index contributed by atoms with van der Waals surface area (Å²) in [6.45, 7) is 12.3. The minimum absolute atomic E-state index is 0.0220. The molecule has 1 aromatic carbocycles. The highest BCUT2D eigenvalue weighted by molar-refractivity contribution is 5.94. The minimum Gasteiger partial charge on any atom is -0.493 e. The highest BCUT2D eigenvalue weighted by Gasteiger charge is 2.26. The summed E-state index contributed by atoms with van der Waals surface area (Å²) < 4.78 is 11.6. The second kappa shape index (κ2) is 11.3. The molecule has 0 radical (unpaired) electrons. The summed E-state index contributed by atoms with van der Waals surface area (Å²) >= 11 is 0. The van der Waals surface area contributed by atoms with Crippen LogP contribution in [0.25, 0.3) is 0 Å². The zero-order chi connectivity index (χ0) is 25.8. The average Bonchev–Trinajstić information content (AvgIpc) is 3.37. The first-order chi connectivity index (χ1) is 17.8. The number of benzene rings is 1. The molecule has 0 spiro atoms. The molecule has 7 nitrogen and oxygen atoms in total. The molecule has 0 atom stereocenters. The number of rotatable bonds is 7. The van der Waals surface area contributed by atoms with Gasteiger partial charge in [0.2, 0.25) is 0 Å². The number of piperazine rings is 1. The van der Waals surface area contributed by atoms with Gasteiger partial charge >= 0.3 is 0 Å². The van der Waals surface area contributed by atoms with Gasteiger partial charge in [0.25, 0.3) is 5.91 Å². The van der Waals surface area contributed by atoms with Crippen LogP contribution in [0, 0.1) is 5.92 Å². The molecule has 2 aromatic rings. The van der Waals surface area contributed by atoms with Crippen LogP contribution in [0.5, 0.6) is 11.5 Å². The number of nitrogens with zero attached hydrogens (tertiary/aromatic N) is 3. The van der Waals surface area contributed by atoms with Gasteiger partial charge in [-0.05, 0) is 95.7 Å². The quantitative estimate of drug-likeness (QED) is 0.588. The van der Waals surface area contributed by atoms with Crippen LogP contribution in [0.4, 0.5) is 5.82 Å². The smallest absolute Gasteiger partial charge is 0.251 e. The van der Waals surface area contributed by atoms with E-state index in [1.165, 1.54) is 31.4 Å². The molecule has 1 aromatic heterocycles. The summed E-state index contributed by atoms with van der Waals surface area (Å²) in [4.78, 5) is 22.5. The number of nitrogens with one attached hydrogen (secondary N) is 1. The van der Waals surface area contributed by atoms with Crippen LogP contribution in [-0.2, 0) is 6.42 Å². The number of pyridine rings is 1. The van der Waals surface area contributed by atoms with Crippen LogP contribution in [0.15, 0.2) is 36.5 Å². The Hall–Kier alpha value is -2.80. The van der Waals surface area contributed by atoms with E-state index in [0.29, 0.717) is 5.56 Å². The Morgan fingerprint density at radius 1 is 1.05 bits per heavy atom. The number of amides is 1. The molecule has 5 rings (SSSR count). The predicted molar refractivity (Wildman–Crippen MR) is 147 cm³/mol. The number of ether oxygens (including phenoxy) is 2. The van der Waals surface area contributed by atoms with Gasteiger partial charge in [0.15, 0.2) is 0 Å². The van der Waals surface area contributed by atoms with Crippen molar-refractivity contribution in [3.63, 3.8) is 0 Å². The van der Waals surface area contributed by atoms with Gasteiger partial charge in [0.1, 0.15) is 22.9 Å². The second-order valence-corrected chi connectivity index (χ2v) is 11.8. The molecular weight excluding hydrogens is 464 g/mol. The molecule has 1 amide bonds. The second-order valence-electron chi connectivity index (χ2n) is 11.8. The first-order valence-corrected chi connectivity index (χ1v) is 14.0. The third-order valence-corrected chi connectivity index (χ3v) is 7.85. The lowest BCUT2D eigenvalue weighted by Crippen LogP contribution is -2.47. The van der Waals surface area contributed by atoms with Crippen LogP contribution in [0.1, 0.15) is 68.8 Å². The molecule has 1 aliphatic carbocycles. The van der Waals surface area contributed by atoms with E-state index in [1.807, 2.05) is 57.3 Å². The molecule has 1 saturated heterocycles. The van der Waals surface area contributed by atoms with Gasteiger partial charge in [-0.15, -0.1) is 0 Å². The van der Waals surface area contributed by atoms with Crippen molar-refractivity contribution in [3.05, 3.63) is 47.7 Å². The third kappa shape index (κ3) is 6.75. The van der Waals surface area contributed by atoms with Gasteiger partial charge in [-0.1, -0.05) is 0 Å². The molecule has 0 bridgehead atoms. The third-order valence-electron chi connectivity index (χ3n) is 7.85. The fraction of sp³-hybridized carbons (Fsp3) is 0.600. The SMILES string of the molecule is CC(C)(C)Oc1ccc(C(=O)N[C@H]2CC[C@H](CCN3CCN(c4nccc5c4CCO5)CC3)CC2)cc1. The molecule has 0 unspecified atom stereocenters. The maximum atomic E-state index is 12.7. The number of carbonyl (C=O) groups excluding carboxylic acids is 1. The van der Waals surface area contributed by atoms with Crippen molar-refractivity contribution in [3.8, 4) is 11.5 Å². The molecule has 200 valence electrons. The summed E-state index contributed by atoms with van der Waals surface area (Å²) in [5, 5.41) is 3.26. The maximum absolute atomic E-state index is 12.7. The van der Waals surface area contributed by atoms with Crippen molar-refractivity contribution in [2.24, 2.45) is 5.92 Å². The van der Waals surface area contributed by atoms with E-state index < -0.39 is 0 Å². The number of fused-ring (bicyclic) bond motifs is 1. The van der Waals surface area contributed by atoms with Crippen LogP contribution < -0.4 is 19.7 Å². The van der Waals surface area contributed by atoms with Crippen molar-refractivity contribution >= 4 is 11.7 Å². The van der Waals surface area contributed by atoms with Crippen molar-refractivity contribution in [2.45, 2.75) is 70.9 Å². The van der Waals surface area contributed by atoms with Gasteiger partial charge in [0, 0.05) is 56.0 Å². The van der Waals surface area contributed by atoms with Gasteiger partial charge in [0.05, 0.1) is 6.61 Å². The van der Waals surface area contributed by atoms with E-state index in [9.17, 15) is 4.79 Å². The van der Waals surface area contributed by atoms with E-state index in [0.717, 1.165) is 75.3 Å². The predicted octanol–water partition coefficient (Wildman–Crippen LogP) is 4.69. The lowest BCUT2D eigenvalue weighted by molar-refractivity contribution is 0.0919. The first-order valence-electron chi connectivity index (χ1n) is 14.0. The first kappa shape index (κ1) is 25.8. The zero-order valence-electron chi connectivity index (χ0n) is 22.7. The summed E-state index contributed by atoms with van der Waals surface area (Å²) in [5.41, 5.74) is 1.74. The maximum Gasteiger partial charge on any atom is 0.251 e. The average molecular weight is 507 g/mol. The Morgan fingerprint density at radius 3 is 2.49 bits per heavy atom. The number of hydrogen-bond donors (Lipinski definition) is 1. The minimum atomic E-state index is -0.244. The van der Waals surface area contributed by atoms with Crippen LogP contribution in [0.2, 0.25) is 0 Å². The number of carbonyl (C=O) groups is 1. The highest BCUT2D eigenvalue weighted by atomic mass is 16.5. The zero-order valence-corrected chi connectivity index (χ0v) is 22.7. The summed E-state index contributed by atoms with van der Waals surface area (Å²) in [6, 6.07) is 9.75. The molecule has 1 saturated carbocycles. The van der Waals surface area contributed by atoms with E-state index in [1.54, 1.807) is 0 Å². The topological polar surface area (TPSA) is 66.9 Å².